The van der Waals surface area contributed by atoms with E-state index >= 15 is 0 Å². The van der Waals surface area contributed by atoms with Crippen LogP contribution < -0.4 is 10.9 Å². The molecule has 26 heavy (non-hydrogen) atoms. The summed E-state index contributed by atoms with van der Waals surface area (Å²) in [4.78, 5) is 28.8. The van der Waals surface area contributed by atoms with Gasteiger partial charge in [0.2, 0.25) is 11.8 Å². The fraction of sp³-hybridized carbons (Fsp3) is 0.158. The van der Waals surface area contributed by atoms with Gasteiger partial charge >= 0.3 is 0 Å². The lowest BCUT2D eigenvalue weighted by Crippen LogP contribution is -2.29. The number of carbonyl (C=O) groups excluding carboxylic acids is 1. The van der Waals surface area contributed by atoms with E-state index in [2.05, 4.69) is 20.5 Å². The summed E-state index contributed by atoms with van der Waals surface area (Å²) in [6, 6.07) is 14.5. The number of aromatic nitrogens is 3. The van der Waals surface area contributed by atoms with Gasteiger partial charge in [0, 0.05) is 5.39 Å². The van der Waals surface area contributed by atoms with Crippen LogP contribution in [0.2, 0.25) is 0 Å². The highest BCUT2D eigenvalue weighted by Gasteiger charge is 2.20. The molecule has 1 amide bonds. The average molecular weight is 348 g/mol. The molecule has 2 N–H and O–H groups in total. The second kappa shape index (κ2) is 6.44. The summed E-state index contributed by atoms with van der Waals surface area (Å²) in [5.41, 5.74) is 1.68. The van der Waals surface area contributed by atoms with Crippen LogP contribution in [0.15, 0.2) is 57.7 Å². The Morgan fingerprint density at radius 3 is 2.69 bits per heavy atom. The molecule has 2 aromatic heterocycles. The molecule has 130 valence electrons. The maximum absolute atomic E-state index is 12.5. The van der Waals surface area contributed by atoms with E-state index in [1.165, 1.54) is 0 Å². The molecule has 0 aliphatic rings. The van der Waals surface area contributed by atoms with E-state index in [1.807, 2.05) is 30.3 Å². The molecular weight excluding hydrogens is 332 g/mol. The summed E-state index contributed by atoms with van der Waals surface area (Å²) in [7, 11) is 0. The maximum Gasteiger partial charge on any atom is 0.272 e. The summed E-state index contributed by atoms with van der Waals surface area (Å²) in [5, 5.41) is 10.5. The molecular formula is C19H16N4O3. The van der Waals surface area contributed by atoms with Crippen molar-refractivity contribution >= 4 is 27.8 Å². The highest BCUT2D eigenvalue weighted by molar-refractivity contribution is 5.90. The molecule has 0 spiro atoms. The molecule has 1 unspecified atom stereocenters. The Morgan fingerprint density at radius 2 is 1.88 bits per heavy atom. The Hall–Kier alpha value is -3.48. The lowest BCUT2D eigenvalue weighted by Gasteiger charge is -2.12. The number of carbonyl (C=O) groups is 1. The summed E-state index contributed by atoms with van der Waals surface area (Å²) >= 11 is 0. The molecule has 1 atom stereocenters. The largest absolute Gasteiger partial charge is 0.439 e. The lowest BCUT2D eigenvalue weighted by atomic mass is 10.0. The zero-order chi connectivity index (χ0) is 18.1. The number of amides is 1. The van der Waals surface area contributed by atoms with Gasteiger partial charge in [0.1, 0.15) is 5.52 Å². The minimum atomic E-state index is -0.541. The predicted octanol–water partition coefficient (Wildman–Crippen LogP) is 2.48. The third-order valence-electron chi connectivity index (χ3n) is 4.28. The first kappa shape index (κ1) is 16.0. The standard InChI is InChI=1S/C19H16N4O3/c1-11(17-12-6-2-3-7-13(12)19(25)23-22-17)18(24)20-10-16-21-14-8-4-5-9-15(14)26-16/h2-9,11H,10H2,1H3,(H,20,24)(H,23,25). The van der Waals surface area contributed by atoms with Gasteiger partial charge in [-0.1, -0.05) is 30.3 Å². The van der Waals surface area contributed by atoms with Gasteiger partial charge in [-0.25, -0.2) is 10.1 Å². The molecule has 2 aromatic carbocycles. The van der Waals surface area contributed by atoms with E-state index in [1.54, 1.807) is 25.1 Å². The monoisotopic (exact) mass is 348 g/mol. The molecule has 0 saturated heterocycles. The van der Waals surface area contributed by atoms with Crippen molar-refractivity contribution in [2.45, 2.75) is 19.4 Å². The highest BCUT2D eigenvalue weighted by Crippen LogP contribution is 2.21. The van der Waals surface area contributed by atoms with E-state index in [0.29, 0.717) is 27.9 Å². The molecule has 0 bridgehead atoms. The van der Waals surface area contributed by atoms with Crippen molar-refractivity contribution in [3.8, 4) is 0 Å². The van der Waals surface area contributed by atoms with Crippen LogP contribution in [0.4, 0.5) is 0 Å². The SMILES string of the molecule is CC(C(=O)NCc1nc2ccccc2o1)c1n[nH]c(=O)c2ccccc12. The molecule has 7 nitrogen and oxygen atoms in total. The minimum absolute atomic E-state index is 0.180. The molecule has 0 aliphatic heterocycles. The average Bonchev–Trinajstić information content (AvgIpc) is 3.09. The van der Waals surface area contributed by atoms with Gasteiger partial charge < -0.3 is 9.73 Å². The smallest absolute Gasteiger partial charge is 0.272 e. The van der Waals surface area contributed by atoms with Crippen LogP contribution in [0.25, 0.3) is 21.9 Å². The fourth-order valence-electron chi connectivity index (χ4n) is 2.90. The fourth-order valence-corrected chi connectivity index (χ4v) is 2.90. The zero-order valence-electron chi connectivity index (χ0n) is 14.0. The summed E-state index contributed by atoms with van der Waals surface area (Å²) in [6.07, 6.45) is 0. The number of oxazole rings is 1. The van der Waals surface area contributed by atoms with Gasteiger partial charge in [-0.3, -0.25) is 9.59 Å². The number of H-pyrrole nitrogens is 1. The van der Waals surface area contributed by atoms with Gasteiger partial charge in [0.15, 0.2) is 5.58 Å². The van der Waals surface area contributed by atoms with Crippen molar-refractivity contribution in [2.24, 2.45) is 0 Å². The number of fused-ring (bicyclic) bond motifs is 2. The molecule has 2 heterocycles. The van der Waals surface area contributed by atoms with Crippen molar-refractivity contribution < 1.29 is 9.21 Å². The van der Waals surface area contributed by atoms with Gasteiger partial charge in [-0.05, 0) is 25.1 Å². The molecule has 0 saturated carbocycles. The normalized spacial score (nSPS) is 12.3. The maximum atomic E-state index is 12.5. The van der Waals surface area contributed by atoms with Crippen LogP contribution in [-0.2, 0) is 11.3 Å². The first-order chi connectivity index (χ1) is 12.6. The Morgan fingerprint density at radius 1 is 1.15 bits per heavy atom. The van der Waals surface area contributed by atoms with Gasteiger partial charge in [-0.15, -0.1) is 0 Å². The summed E-state index contributed by atoms with van der Waals surface area (Å²) in [6.45, 7) is 1.92. The quantitative estimate of drug-likeness (QED) is 0.590. The van der Waals surface area contributed by atoms with Crippen molar-refractivity contribution in [1.29, 1.82) is 0 Å². The topological polar surface area (TPSA) is 101 Å². The van der Waals surface area contributed by atoms with Gasteiger partial charge in [0.25, 0.3) is 5.56 Å². The second-order valence-electron chi connectivity index (χ2n) is 6.00. The number of nitrogens with zero attached hydrogens (tertiary/aromatic N) is 2. The van der Waals surface area contributed by atoms with Gasteiger partial charge in [0.05, 0.1) is 23.5 Å². The first-order valence-corrected chi connectivity index (χ1v) is 8.23. The Bertz CT molecular complexity index is 1130. The zero-order valence-corrected chi connectivity index (χ0v) is 14.0. The van der Waals surface area contributed by atoms with Crippen molar-refractivity contribution in [1.82, 2.24) is 20.5 Å². The summed E-state index contributed by atoms with van der Waals surface area (Å²) < 4.78 is 5.60. The van der Waals surface area contributed by atoms with E-state index in [-0.39, 0.29) is 18.0 Å². The lowest BCUT2D eigenvalue weighted by molar-refractivity contribution is -0.122. The van der Waals surface area contributed by atoms with Crippen LogP contribution in [-0.4, -0.2) is 21.1 Å². The molecule has 0 fully saturated rings. The number of nitrogens with one attached hydrogen (secondary N) is 2. The third-order valence-corrected chi connectivity index (χ3v) is 4.28. The van der Waals surface area contributed by atoms with Crippen LogP contribution in [0.3, 0.4) is 0 Å². The first-order valence-electron chi connectivity index (χ1n) is 8.23. The minimum Gasteiger partial charge on any atom is -0.439 e. The van der Waals surface area contributed by atoms with E-state index < -0.39 is 5.92 Å². The molecule has 0 radical (unpaired) electrons. The second-order valence-corrected chi connectivity index (χ2v) is 6.00. The number of hydrogen-bond acceptors (Lipinski definition) is 5. The summed E-state index contributed by atoms with van der Waals surface area (Å²) in [5.74, 6) is -0.330. The number of para-hydroxylation sites is 2. The predicted molar refractivity (Wildman–Crippen MR) is 96.6 cm³/mol. The molecule has 0 aliphatic carbocycles. The van der Waals surface area contributed by atoms with Crippen molar-refractivity contribution in [3.05, 3.63) is 70.5 Å². The van der Waals surface area contributed by atoms with E-state index in [0.717, 1.165) is 5.52 Å². The molecule has 4 aromatic rings. The number of aromatic amines is 1. The van der Waals surface area contributed by atoms with E-state index in [4.69, 9.17) is 4.42 Å². The van der Waals surface area contributed by atoms with Crippen LogP contribution in [0.5, 0.6) is 0 Å². The van der Waals surface area contributed by atoms with Crippen LogP contribution in [0, 0.1) is 0 Å². The molecule has 7 heteroatoms. The van der Waals surface area contributed by atoms with Crippen molar-refractivity contribution in [2.75, 3.05) is 0 Å². The number of benzene rings is 2. The van der Waals surface area contributed by atoms with Gasteiger partial charge in [-0.2, -0.15) is 5.10 Å². The molecule has 4 rings (SSSR count). The van der Waals surface area contributed by atoms with Crippen molar-refractivity contribution in [3.63, 3.8) is 0 Å². The Kier molecular flexibility index (Phi) is 3.96. The Labute approximate surface area is 148 Å². The number of rotatable bonds is 4. The number of hydrogen-bond donors (Lipinski definition) is 2. The highest BCUT2D eigenvalue weighted by atomic mass is 16.3. The van der Waals surface area contributed by atoms with Crippen LogP contribution >= 0.6 is 0 Å². The third kappa shape index (κ3) is 2.83. The van der Waals surface area contributed by atoms with E-state index in [9.17, 15) is 9.59 Å². The Balaban J connectivity index is 1.55. The van der Waals surface area contributed by atoms with Crippen LogP contribution in [0.1, 0.15) is 24.4 Å².